The van der Waals surface area contributed by atoms with Crippen molar-refractivity contribution in [2.45, 2.75) is 0 Å². The highest BCUT2D eigenvalue weighted by atomic mass is 32.2. The molecule has 1 aliphatic heterocycles. The molecule has 0 aromatic carbocycles. The molecule has 0 aromatic rings. The average molecular weight is 206 g/mol. The van der Waals surface area contributed by atoms with Crippen molar-refractivity contribution >= 4 is 34.7 Å². The number of hydrogen-bond acceptors (Lipinski definition) is 5. The minimum atomic E-state index is -0.515. The van der Waals surface area contributed by atoms with Gasteiger partial charge in [-0.25, -0.2) is 4.79 Å². The summed E-state index contributed by atoms with van der Waals surface area (Å²) < 4.78 is 0. The Morgan fingerprint density at radius 1 is 1.67 bits per heavy atom. The number of rotatable bonds is 1. The van der Waals surface area contributed by atoms with E-state index in [0.29, 0.717) is 0 Å². The van der Waals surface area contributed by atoms with Crippen LogP contribution in [0.1, 0.15) is 0 Å². The number of thioether (sulfide) groups is 2. The SMILES string of the molecule is CNC(=O)ON=C1CSCCS1. The van der Waals surface area contributed by atoms with Gasteiger partial charge in [0, 0.05) is 24.3 Å². The van der Waals surface area contributed by atoms with Gasteiger partial charge in [-0.2, -0.15) is 11.8 Å². The lowest BCUT2D eigenvalue weighted by molar-refractivity contribution is 0.153. The molecule has 1 amide bonds. The van der Waals surface area contributed by atoms with Crippen LogP contribution in [0, 0.1) is 0 Å². The lowest BCUT2D eigenvalue weighted by Gasteiger charge is -2.09. The van der Waals surface area contributed by atoms with Gasteiger partial charge in [-0.1, -0.05) is 5.16 Å². The average Bonchev–Trinajstić information content (AvgIpc) is 2.16. The fourth-order valence-corrected chi connectivity index (χ4v) is 2.70. The van der Waals surface area contributed by atoms with Crippen LogP contribution in [0.25, 0.3) is 0 Å². The Hall–Kier alpha value is -0.360. The molecule has 0 aliphatic carbocycles. The molecule has 1 N–H and O–H groups in total. The third-order valence-electron chi connectivity index (χ3n) is 1.16. The summed E-state index contributed by atoms with van der Waals surface area (Å²) in [5.41, 5.74) is 0. The summed E-state index contributed by atoms with van der Waals surface area (Å²) in [5, 5.41) is 6.91. The monoisotopic (exact) mass is 206 g/mol. The molecule has 6 heteroatoms. The van der Waals surface area contributed by atoms with Crippen LogP contribution >= 0.6 is 23.5 Å². The topological polar surface area (TPSA) is 50.7 Å². The quantitative estimate of drug-likeness (QED) is 0.516. The van der Waals surface area contributed by atoms with Gasteiger partial charge in [-0.05, 0) is 0 Å². The molecule has 1 fully saturated rings. The van der Waals surface area contributed by atoms with E-state index < -0.39 is 6.09 Å². The van der Waals surface area contributed by atoms with Gasteiger partial charge in [-0.3, -0.25) is 4.84 Å². The van der Waals surface area contributed by atoms with Crippen molar-refractivity contribution in [2.24, 2.45) is 5.16 Å². The number of carbonyl (C=O) groups excluding carboxylic acids is 1. The number of oxime groups is 1. The van der Waals surface area contributed by atoms with Gasteiger partial charge in [0.1, 0.15) is 5.04 Å². The van der Waals surface area contributed by atoms with E-state index in [0.717, 1.165) is 22.3 Å². The summed E-state index contributed by atoms with van der Waals surface area (Å²) in [7, 11) is 1.51. The Kier molecular flexibility index (Phi) is 4.31. The van der Waals surface area contributed by atoms with Crippen LogP contribution in [0.4, 0.5) is 4.79 Å². The van der Waals surface area contributed by atoms with Crippen LogP contribution in [0.15, 0.2) is 5.16 Å². The van der Waals surface area contributed by atoms with Gasteiger partial charge in [0.2, 0.25) is 0 Å². The van der Waals surface area contributed by atoms with Crippen LogP contribution in [0.5, 0.6) is 0 Å². The molecule has 0 spiro atoms. The van der Waals surface area contributed by atoms with E-state index in [1.54, 1.807) is 23.5 Å². The van der Waals surface area contributed by atoms with Gasteiger partial charge < -0.3 is 5.32 Å². The third-order valence-corrected chi connectivity index (χ3v) is 3.53. The van der Waals surface area contributed by atoms with Gasteiger partial charge in [0.05, 0.1) is 0 Å². The fourth-order valence-electron chi connectivity index (χ4n) is 0.610. The zero-order chi connectivity index (χ0) is 8.81. The molecule has 0 saturated carbocycles. The van der Waals surface area contributed by atoms with Gasteiger partial charge in [0.15, 0.2) is 0 Å². The van der Waals surface area contributed by atoms with Crippen LogP contribution in [-0.2, 0) is 4.84 Å². The Morgan fingerprint density at radius 3 is 3.08 bits per heavy atom. The van der Waals surface area contributed by atoms with Crippen molar-refractivity contribution in [2.75, 3.05) is 24.3 Å². The number of nitrogens with zero attached hydrogens (tertiary/aromatic N) is 1. The normalized spacial score (nSPS) is 20.6. The largest absolute Gasteiger partial charge is 0.433 e. The van der Waals surface area contributed by atoms with Crippen LogP contribution in [0.2, 0.25) is 0 Å². The third kappa shape index (κ3) is 3.36. The lowest BCUT2D eigenvalue weighted by Crippen LogP contribution is -2.18. The minimum absolute atomic E-state index is 0.515. The molecule has 0 aromatic heterocycles. The van der Waals surface area contributed by atoms with E-state index in [2.05, 4.69) is 15.3 Å². The number of amides is 1. The number of nitrogens with one attached hydrogen (secondary N) is 1. The molecule has 1 saturated heterocycles. The Bertz CT molecular complexity index is 188. The maximum absolute atomic E-state index is 10.6. The highest BCUT2D eigenvalue weighted by molar-refractivity contribution is 8.18. The second-order valence-electron chi connectivity index (χ2n) is 2.01. The first-order chi connectivity index (χ1) is 5.83. The first kappa shape index (κ1) is 9.73. The van der Waals surface area contributed by atoms with Crippen molar-refractivity contribution in [1.82, 2.24) is 5.32 Å². The maximum Gasteiger partial charge on any atom is 0.433 e. The molecule has 4 nitrogen and oxygen atoms in total. The molecule has 0 radical (unpaired) electrons. The highest BCUT2D eigenvalue weighted by Gasteiger charge is 2.08. The summed E-state index contributed by atoms with van der Waals surface area (Å²) in [4.78, 5) is 15.1. The molecule has 1 heterocycles. The van der Waals surface area contributed by atoms with E-state index in [4.69, 9.17) is 0 Å². The van der Waals surface area contributed by atoms with Crippen molar-refractivity contribution in [3.05, 3.63) is 0 Å². The van der Waals surface area contributed by atoms with E-state index in [-0.39, 0.29) is 0 Å². The number of hydrogen-bond donors (Lipinski definition) is 1. The summed E-state index contributed by atoms with van der Waals surface area (Å²) in [6.07, 6.45) is -0.515. The molecule has 0 unspecified atom stereocenters. The Labute approximate surface area is 79.5 Å². The minimum Gasteiger partial charge on any atom is -0.323 e. The first-order valence-electron chi connectivity index (χ1n) is 3.49. The Morgan fingerprint density at radius 2 is 2.50 bits per heavy atom. The van der Waals surface area contributed by atoms with E-state index in [1.807, 2.05) is 0 Å². The maximum atomic E-state index is 10.6. The summed E-state index contributed by atoms with van der Waals surface area (Å²) >= 11 is 3.44. The molecule has 1 aliphatic rings. The Balaban J connectivity index is 2.29. The second kappa shape index (κ2) is 5.31. The van der Waals surface area contributed by atoms with E-state index >= 15 is 0 Å². The van der Waals surface area contributed by atoms with Crippen LogP contribution in [0.3, 0.4) is 0 Å². The van der Waals surface area contributed by atoms with Crippen LogP contribution < -0.4 is 5.32 Å². The van der Waals surface area contributed by atoms with Crippen molar-refractivity contribution in [1.29, 1.82) is 0 Å². The first-order valence-corrected chi connectivity index (χ1v) is 5.63. The second-order valence-corrected chi connectivity index (χ2v) is 4.29. The predicted molar refractivity (Wildman–Crippen MR) is 52.8 cm³/mol. The van der Waals surface area contributed by atoms with Crippen molar-refractivity contribution in [3.63, 3.8) is 0 Å². The van der Waals surface area contributed by atoms with Gasteiger partial charge in [-0.15, -0.1) is 11.8 Å². The molecular weight excluding hydrogens is 196 g/mol. The molecule has 0 bridgehead atoms. The molecule has 12 heavy (non-hydrogen) atoms. The lowest BCUT2D eigenvalue weighted by atomic mass is 10.9. The fraction of sp³-hybridized carbons (Fsp3) is 0.667. The summed E-state index contributed by atoms with van der Waals surface area (Å²) in [5.74, 6) is 3.03. The zero-order valence-corrected chi connectivity index (χ0v) is 8.33. The van der Waals surface area contributed by atoms with Crippen molar-refractivity contribution in [3.8, 4) is 0 Å². The van der Waals surface area contributed by atoms with Crippen molar-refractivity contribution < 1.29 is 9.63 Å². The van der Waals surface area contributed by atoms with E-state index in [9.17, 15) is 4.79 Å². The summed E-state index contributed by atoms with van der Waals surface area (Å²) in [6.45, 7) is 0. The molecule has 68 valence electrons. The van der Waals surface area contributed by atoms with E-state index in [1.165, 1.54) is 7.05 Å². The standard InChI is InChI=1S/C6H10N2O2S2/c1-7-6(9)10-8-5-4-11-2-3-12-5/h2-4H2,1H3,(H,7,9). The zero-order valence-electron chi connectivity index (χ0n) is 6.70. The molecule has 0 atom stereocenters. The summed E-state index contributed by atoms with van der Waals surface area (Å²) in [6, 6.07) is 0. The number of carbonyl (C=O) groups is 1. The van der Waals surface area contributed by atoms with Gasteiger partial charge in [0.25, 0.3) is 0 Å². The van der Waals surface area contributed by atoms with Crippen LogP contribution in [-0.4, -0.2) is 35.4 Å². The predicted octanol–water partition coefficient (Wildman–Crippen LogP) is 1.14. The smallest absolute Gasteiger partial charge is 0.323 e. The molecule has 1 rings (SSSR count). The highest BCUT2D eigenvalue weighted by Crippen LogP contribution is 2.19. The molecular formula is C6H10N2O2S2. The van der Waals surface area contributed by atoms with Gasteiger partial charge >= 0.3 is 6.09 Å².